The summed E-state index contributed by atoms with van der Waals surface area (Å²) in [7, 11) is 0. The molecule has 0 aromatic heterocycles. The molecule has 128 valence electrons. The first kappa shape index (κ1) is 17.5. The molecule has 1 saturated heterocycles. The molecule has 0 atom stereocenters. The van der Waals surface area contributed by atoms with E-state index in [0.717, 1.165) is 17.1 Å². The minimum atomic E-state index is -0.763. The van der Waals surface area contributed by atoms with Crippen molar-refractivity contribution in [3.63, 3.8) is 0 Å². The fourth-order valence-corrected chi connectivity index (χ4v) is 2.25. The molecule has 9 nitrogen and oxygen atoms in total. The average molecular weight is 336 g/mol. The highest BCUT2D eigenvalue weighted by molar-refractivity contribution is 6.13. The SMILES string of the molecule is O=C(CCCC(=O)ON1C(=O)CCC1=O)CCN1C(=O)C=CC1=O. The van der Waals surface area contributed by atoms with E-state index >= 15 is 0 Å². The lowest BCUT2D eigenvalue weighted by molar-refractivity contribution is -0.197. The van der Waals surface area contributed by atoms with Crippen molar-refractivity contribution in [2.75, 3.05) is 6.54 Å². The van der Waals surface area contributed by atoms with Crippen molar-refractivity contribution in [3.8, 4) is 0 Å². The molecule has 0 aliphatic carbocycles. The fraction of sp³-hybridized carbons (Fsp3) is 0.467. The van der Waals surface area contributed by atoms with Gasteiger partial charge >= 0.3 is 5.97 Å². The lowest BCUT2D eigenvalue weighted by Crippen LogP contribution is -2.32. The Bertz CT molecular complexity index is 604. The van der Waals surface area contributed by atoms with Crippen LogP contribution in [0.1, 0.15) is 38.5 Å². The van der Waals surface area contributed by atoms with Crippen molar-refractivity contribution in [2.24, 2.45) is 0 Å². The van der Waals surface area contributed by atoms with Gasteiger partial charge in [-0.3, -0.25) is 28.9 Å². The van der Waals surface area contributed by atoms with E-state index in [1.54, 1.807) is 0 Å². The van der Waals surface area contributed by atoms with Gasteiger partial charge in [-0.05, 0) is 6.42 Å². The van der Waals surface area contributed by atoms with Crippen LogP contribution in [-0.4, -0.2) is 51.9 Å². The van der Waals surface area contributed by atoms with Crippen LogP contribution < -0.4 is 0 Å². The van der Waals surface area contributed by atoms with E-state index in [0.29, 0.717) is 5.06 Å². The van der Waals surface area contributed by atoms with Crippen molar-refractivity contribution in [1.82, 2.24) is 9.96 Å². The number of hydrogen-bond donors (Lipinski definition) is 0. The largest absolute Gasteiger partial charge is 0.333 e. The zero-order chi connectivity index (χ0) is 17.7. The van der Waals surface area contributed by atoms with Gasteiger partial charge in [0.15, 0.2) is 0 Å². The van der Waals surface area contributed by atoms with Crippen LogP contribution in [0.2, 0.25) is 0 Å². The summed E-state index contributed by atoms with van der Waals surface area (Å²) < 4.78 is 0. The molecule has 2 aliphatic heterocycles. The molecule has 0 N–H and O–H groups in total. The van der Waals surface area contributed by atoms with Crippen LogP contribution in [0.15, 0.2) is 12.2 Å². The Hall–Kier alpha value is -2.84. The van der Waals surface area contributed by atoms with Crippen LogP contribution in [0, 0.1) is 0 Å². The third kappa shape index (κ3) is 4.34. The molecule has 0 unspecified atom stereocenters. The number of carbonyl (C=O) groups excluding carboxylic acids is 6. The van der Waals surface area contributed by atoms with Crippen LogP contribution in [0.5, 0.6) is 0 Å². The normalized spacial score (nSPS) is 17.2. The van der Waals surface area contributed by atoms with Crippen LogP contribution in [-0.2, 0) is 33.6 Å². The van der Waals surface area contributed by atoms with Gasteiger partial charge in [-0.1, -0.05) is 0 Å². The summed E-state index contributed by atoms with van der Waals surface area (Å²) in [5.74, 6) is -2.98. The number of ketones is 1. The monoisotopic (exact) mass is 336 g/mol. The topological polar surface area (TPSA) is 118 Å². The van der Waals surface area contributed by atoms with Crippen molar-refractivity contribution < 1.29 is 33.6 Å². The Morgan fingerprint density at radius 2 is 1.50 bits per heavy atom. The van der Waals surface area contributed by atoms with Crippen LogP contribution in [0.4, 0.5) is 0 Å². The summed E-state index contributed by atoms with van der Waals surface area (Å²) in [4.78, 5) is 74.0. The summed E-state index contributed by atoms with van der Waals surface area (Å²) in [6, 6.07) is 0. The van der Waals surface area contributed by atoms with Gasteiger partial charge < -0.3 is 4.84 Å². The van der Waals surface area contributed by atoms with Gasteiger partial charge in [0.25, 0.3) is 23.6 Å². The molecular formula is C15H16N2O7. The van der Waals surface area contributed by atoms with Gasteiger partial charge in [0.1, 0.15) is 5.78 Å². The maximum atomic E-state index is 11.7. The molecule has 2 heterocycles. The first-order valence-electron chi connectivity index (χ1n) is 7.50. The number of carbonyl (C=O) groups is 6. The summed E-state index contributed by atoms with van der Waals surface area (Å²) >= 11 is 0. The summed E-state index contributed by atoms with van der Waals surface area (Å²) in [5.41, 5.74) is 0. The molecule has 0 saturated carbocycles. The number of rotatable bonds is 8. The fourth-order valence-electron chi connectivity index (χ4n) is 2.25. The molecule has 0 bridgehead atoms. The molecule has 0 aromatic carbocycles. The Balaban J connectivity index is 1.63. The highest BCUT2D eigenvalue weighted by Gasteiger charge is 2.32. The third-order valence-electron chi connectivity index (χ3n) is 3.55. The molecule has 2 aliphatic rings. The number of hydroxylamine groups is 2. The number of nitrogens with zero attached hydrogens (tertiary/aromatic N) is 2. The minimum Gasteiger partial charge on any atom is -0.330 e. The van der Waals surface area contributed by atoms with Crippen LogP contribution in [0.3, 0.4) is 0 Å². The van der Waals surface area contributed by atoms with Gasteiger partial charge in [0.05, 0.1) is 0 Å². The van der Waals surface area contributed by atoms with Crippen LogP contribution >= 0.6 is 0 Å². The summed E-state index contributed by atoms with van der Waals surface area (Å²) in [6.07, 6.45) is 2.48. The number of Topliss-reactive ketones (excluding diaryl/α,β-unsaturated/α-hetero) is 1. The van der Waals surface area contributed by atoms with Gasteiger partial charge in [-0.15, -0.1) is 5.06 Å². The predicted molar refractivity (Wildman–Crippen MR) is 76.5 cm³/mol. The van der Waals surface area contributed by atoms with Gasteiger partial charge in [-0.25, -0.2) is 4.79 Å². The van der Waals surface area contributed by atoms with E-state index in [4.69, 9.17) is 0 Å². The highest BCUT2D eigenvalue weighted by Crippen LogP contribution is 2.13. The van der Waals surface area contributed by atoms with E-state index in [-0.39, 0.29) is 50.9 Å². The Kier molecular flexibility index (Phi) is 5.56. The zero-order valence-electron chi connectivity index (χ0n) is 12.9. The van der Waals surface area contributed by atoms with Crippen molar-refractivity contribution in [1.29, 1.82) is 0 Å². The van der Waals surface area contributed by atoms with E-state index in [1.165, 1.54) is 0 Å². The minimum absolute atomic E-state index is 0.00469. The Morgan fingerprint density at radius 3 is 2.08 bits per heavy atom. The van der Waals surface area contributed by atoms with E-state index < -0.39 is 29.6 Å². The smallest absolute Gasteiger partial charge is 0.330 e. The Morgan fingerprint density at radius 1 is 0.917 bits per heavy atom. The lowest BCUT2D eigenvalue weighted by atomic mass is 10.1. The summed E-state index contributed by atoms with van der Waals surface area (Å²) in [6.45, 7) is 0.00469. The second-order valence-electron chi connectivity index (χ2n) is 5.35. The summed E-state index contributed by atoms with van der Waals surface area (Å²) in [5, 5.41) is 0.460. The second kappa shape index (κ2) is 7.62. The molecular weight excluding hydrogens is 320 g/mol. The number of amides is 4. The predicted octanol–water partition coefficient (Wildman–Crippen LogP) is -0.352. The highest BCUT2D eigenvalue weighted by atomic mass is 16.7. The standard InChI is InChI=1S/C15H16N2O7/c18-10(8-9-16-11(19)4-5-12(16)20)2-1-3-15(23)24-17-13(21)6-7-14(17)22/h4-5H,1-3,6-9H2. The first-order chi connectivity index (χ1) is 11.4. The van der Waals surface area contributed by atoms with Crippen molar-refractivity contribution >= 4 is 35.4 Å². The van der Waals surface area contributed by atoms with E-state index in [9.17, 15) is 28.8 Å². The second-order valence-corrected chi connectivity index (χ2v) is 5.35. The number of hydrogen-bond acceptors (Lipinski definition) is 7. The van der Waals surface area contributed by atoms with E-state index in [1.807, 2.05) is 0 Å². The van der Waals surface area contributed by atoms with Gasteiger partial charge in [0.2, 0.25) is 0 Å². The molecule has 0 radical (unpaired) electrons. The first-order valence-corrected chi connectivity index (χ1v) is 7.50. The van der Waals surface area contributed by atoms with Crippen molar-refractivity contribution in [3.05, 3.63) is 12.2 Å². The molecule has 0 spiro atoms. The van der Waals surface area contributed by atoms with Gasteiger partial charge in [-0.2, -0.15) is 0 Å². The third-order valence-corrected chi connectivity index (χ3v) is 3.55. The molecule has 4 amide bonds. The zero-order valence-corrected chi connectivity index (χ0v) is 12.9. The Labute approximate surface area is 137 Å². The molecule has 2 rings (SSSR count). The average Bonchev–Trinajstić information content (AvgIpc) is 3.01. The van der Waals surface area contributed by atoms with Crippen molar-refractivity contribution in [2.45, 2.75) is 38.5 Å². The quantitative estimate of drug-likeness (QED) is 0.556. The lowest BCUT2D eigenvalue weighted by Gasteiger charge is -2.13. The molecule has 9 heteroatoms. The van der Waals surface area contributed by atoms with Crippen LogP contribution in [0.25, 0.3) is 0 Å². The van der Waals surface area contributed by atoms with E-state index in [2.05, 4.69) is 4.84 Å². The molecule has 1 fully saturated rings. The maximum Gasteiger partial charge on any atom is 0.333 e. The number of imide groups is 2. The van der Waals surface area contributed by atoms with Gasteiger partial charge in [0, 0.05) is 50.8 Å². The maximum absolute atomic E-state index is 11.7. The molecule has 0 aromatic rings. The molecule has 24 heavy (non-hydrogen) atoms.